The van der Waals surface area contributed by atoms with E-state index in [9.17, 15) is 4.79 Å². The summed E-state index contributed by atoms with van der Waals surface area (Å²) in [5.41, 5.74) is 1.02. The number of fused-ring (bicyclic) bond motifs is 1. The van der Waals surface area contributed by atoms with E-state index < -0.39 is 0 Å². The van der Waals surface area contributed by atoms with Gasteiger partial charge in [-0.25, -0.2) is 0 Å². The van der Waals surface area contributed by atoms with Crippen molar-refractivity contribution in [3.05, 3.63) is 23.8 Å². The fourth-order valence-electron chi connectivity index (χ4n) is 1.81. The Morgan fingerprint density at radius 3 is 2.89 bits per heavy atom. The summed E-state index contributed by atoms with van der Waals surface area (Å²) in [5.74, 6) is 1.53. The van der Waals surface area contributed by atoms with Crippen LogP contribution in [0.1, 0.15) is 12.5 Å². The van der Waals surface area contributed by atoms with Gasteiger partial charge in [0.05, 0.1) is 6.61 Å². The van der Waals surface area contributed by atoms with Gasteiger partial charge in [0.15, 0.2) is 11.5 Å². The first kappa shape index (κ1) is 12.7. The van der Waals surface area contributed by atoms with E-state index in [1.165, 1.54) is 0 Å². The Morgan fingerprint density at radius 2 is 2.17 bits per heavy atom. The van der Waals surface area contributed by atoms with Gasteiger partial charge in [-0.15, -0.1) is 0 Å². The van der Waals surface area contributed by atoms with Gasteiger partial charge in [-0.3, -0.25) is 4.79 Å². The van der Waals surface area contributed by atoms with Crippen LogP contribution in [-0.2, 0) is 16.1 Å². The van der Waals surface area contributed by atoms with Crippen molar-refractivity contribution < 1.29 is 19.0 Å². The molecule has 0 bridgehead atoms. The van der Waals surface area contributed by atoms with Crippen molar-refractivity contribution in [2.24, 2.45) is 0 Å². The summed E-state index contributed by atoms with van der Waals surface area (Å²) in [5, 5.41) is 0. The predicted molar refractivity (Wildman–Crippen MR) is 65.5 cm³/mol. The van der Waals surface area contributed by atoms with Crippen LogP contribution in [0.2, 0.25) is 0 Å². The smallest absolute Gasteiger partial charge is 0.231 e. The Labute approximate surface area is 106 Å². The van der Waals surface area contributed by atoms with Crippen molar-refractivity contribution in [3.8, 4) is 11.5 Å². The average Bonchev–Trinajstić information content (AvgIpc) is 2.81. The molecule has 0 atom stereocenters. The largest absolute Gasteiger partial charge is 0.454 e. The number of nitrogens with zero attached hydrogens (tertiary/aromatic N) is 1. The Kier molecular flexibility index (Phi) is 4.04. The molecule has 18 heavy (non-hydrogen) atoms. The first-order valence-corrected chi connectivity index (χ1v) is 5.83. The third kappa shape index (κ3) is 2.92. The minimum absolute atomic E-state index is 0.0321. The van der Waals surface area contributed by atoms with Crippen molar-refractivity contribution >= 4 is 5.91 Å². The number of methoxy groups -OCH3 is 1. The number of carbonyl (C=O) groups is 1. The van der Waals surface area contributed by atoms with E-state index in [0.717, 1.165) is 17.1 Å². The maximum Gasteiger partial charge on any atom is 0.231 e. The molecule has 0 aromatic heterocycles. The molecule has 0 aliphatic carbocycles. The van der Waals surface area contributed by atoms with Crippen LogP contribution in [0.5, 0.6) is 11.5 Å². The summed E-state index contributed by atoms with van der Waals surface area (Å²) in [7, 11) is 1.62. The molecule has 0 fully saturated rings. The number of amides is 1. The van der Waals surface area contributed by atoms with E-state index in [1.807, 2.05) is 18.2 Å². The normalized spacial score (nSPS) is 12.6. The molecule has 1 aromatic carbocycles. The van der Waals surface area contributed by atoms with Gasteiger partial charge in [-0.1, -0.05) is 6.07 Å². The highest BCUT2D eigenvalue weighted by molar-refractivity contribution is 5.73. The predicted octanol–water partition coefficient (Wildman–Crippen LogP) is 1.41. The molecular weight excluding hydrogens is 234 g/mol. The van der Waals surface area contributed by atoms with Crippen LogP contribution in [0.4, 0.5) is 0 Å². The van der Waals surface area contributed by atoms with Gasteiger partial charge in [0.1, 0.15) is 0 Å². The molecule has 1 aromatic rings. The van der Waals surface area contributed by atoms with Crippen molar-refractivity contribution in [1.29, 1.82) is 0 Å². The fourth-order valence-corrected chi connectivity index (χ4v) is 1.81. The maximum absolute atomic E-state index is 11.5. The second kappa shape index (κ2) is 5.73. The average molecular weight is 251 g/mol. The molecule has 0 saturated heterocycles. The van der Waals surface area contributed by atoms with Gasteiger partial charge >= 0.3 is 0 Å². The van der Waals surface area contributed by atoms with Crippen molar-refractivity contribution in [2.45, 2.75) is 13.5 Å². The highest BCUT2D eigenvalue weighted by Crippen LogP contribution is 2.32. The zero-order chi connectivity index (χ0) is 13.0. The van der Waals surface area contributed by atoms with Crippen molar-refractivity contribution in [3.63, 3.8) is 0 Å². The van der Waals surface area contributed by atoms with E-state index in [2.05, 4.69) is 0 Å². The molecule has 1 heterocycles. The molecule has 1 aliphatic heterocycles. The minimum atomic E-state index is 0.0321. The van der Waals surface area contributed by atoms with Crippen molar-refractivity contribution in [2.75, 3.05) is 27.1 Å². The zero-order valence-electron chi connectivity index (χ0n) is 10.6. The lowest BCUT2D eigenvalue weighted by atomic mass is 10.2. The Balaban J connectivity index is 2.04. The fraction of sp³-hybridized carbons (Fsp3) is 0.462. The summed E-state index contributed by atoms with van der Waals surface area (Å²) in [4.78, 5) is 13.2. The number of benzene rings is 1. The third-order valence-corrected chi connectivity index (χ3v) is 2.82. The molecule has 2 rings (SSSR count). The number of ether oxygens (including phenoxy) is 3. The molecule has 0 spiro atoms. The van der Waals surface area contributed by atoms with Crippen LogP contribution in [0.15, 0.2) is 18.2 Å². The first-order chi connectivity index (χ1) is 8.70. The van der Waals surface area contributed by atoms with Gasteiger partial charge in [-0.2, -0.15) is 0 Å². The van der Waals surface area contributed by atoms with Crippen LogP contribution < -0.4 is 9.47 Å². The quantitative estimate of drug-likeness (QED) is 0.794. The van der Waals surface area contributed by atoms with E-state index >= 15 is 0 Å². The number of carbonyl (C=O) groups excluding carboxylic acids is 1. The van der Waals surface area contributed by atoms with Crippen LogP contribution in [0.3, 0.4) is 0 Å². The number of hydrogen-bond acceptors (Lipinski definition) is 4. The molecular formula is C13H17NO4. The van der Waals surface area contributed by atoms with E-state index in [-0.39, 0.29) is 12.7 Å². The molecule has 0 saturated carbocycles. The molecule has 98 valence electrons. The van der Waals surface area contributed by atoms with Gasteiger partial charge in [0, 0.05) is 27.1 Å². The topological polar surface area (TPSA) is 48.0 Å². The Hall–Kier alpha value is -1.75. The molecule has 5 heteroatoms. The lowest BCUT2D eigenvalue weighted by Crippen LogP contribution is -2.31. The van der Waals surface area contributed by atoms with Crippen LogP contribution in [0, 0.1) is 0 Å². The summed E-state index contributed by atoms with van der Waals surface area (Å²) < 4.78 is 15.6. The second-order valence-electron chi connectivity index (χ2n) is 4.12. The van der Waals surface area contributed by atoms with Crippen LogP contribution in [0.25, 0.3) is 0 Å². The van der Waals surface area contributed by atoms with Gasteiger partial charge < -0.3 is 19.1 Å². The van der Waals surface area contributed by atoms with Gasteiger partial charge in [0.25, 0.3) is 0 Å². The highest BCUT2D eigenvalue weighted by atomic mass is 16.7. The van der Waals surface area contributed by atoms with Crippen LogP contribution in [-0.4, -0.2) is 37.9 Å². The standard InChI is InChI=1S/C13H17NO4/c1-10(15)14(5-6-16-2)8-11-3-4-12-13(7-11)18-9-17-12/h3-4,7H,5-6,8-9H2,1-2H3. The monoisotopic (exact) mass is 251 g/mol. The summed E-state index contributed by atoms with van der Waals surface area (Å²) >= 11 is 0. The maximum atomic E-state index is 11.5. The molecule has 1 amide bonds. The second-order valence-corrected chi connectivity index (χ2v) is 4.12. The molecule has 0 N–H and O–H groups in total. The van der Waals surface area contributed by atoms with Gasteiger partial charge in [-0.05, 0) is 17.7 Å². The summed E-state index contributed by atoms with van der Waals surface area (Å²) in [6, 6.07) is 5.72. The van der Waals surface area contributed by atoms with Crippen LogP contribution >= 0.6 is 0 Å². The van der Waals surface area contributed by atoms with Crippen molar-refractivity contribution in [1.82, 2.24) is 4.90 Å². The lowest BCUT2D eigenvalue weighted by molar-refractivity contribution is -0.130. The highest BCUT2D eigenvalue weighted by Gasteiger charge is 2.15. The lowest BCUT2D eigenvalue weighted by Gasteiger charge is -2.20. The Morgan fingerprint density at radius 1 is 1.39 bits per heavy atom. The molecule has 0 radical (unpaired) electrons. The third-order valence-electron chi connectivity index (χ3n) is 2.82. The summed E-state index contributed by atoms with van der Waals surface area (Å²) in [6.07, 6.45) is 0. The van der Waals surface area contributed by atoms with E-state index in [1.54, 1.807) is 18.9 Å². The van der Waals surface area contributed by atoms with E-state index in [4.69, 9.17) is 14.2 Å². The number of hydrogen-bond donors (Lipinski definition) is 0. The summed E-state index contributed by atoms with van der Waals surface area (Å²) in [6.45, 7) is 3.49. The Bertz CT molecular complexity index is 433. The van der Waals surface area contributed by atoms with E-state index in [0.29, 0.717) is 19.7 Å². The first-order valence-electron chi connectivity index (χ1n) is 5.83. The number of rotatable bonds is 5. The SMILES string of the molecule is COCCN(Cc1ccc2c(c1)OCO2)C(C)=O. The molecule has 0 unspecified atom stereocenters. The minimum Gasteiger partial charge on any atom is -0.454 e. The van der Waals surface area contributed by atoms with Gasteiger partial charge in [0.2, 0.25) is 12.7 Å². The molecule has 1 aliphatic rings. The molecule has 5 nitrogen and oxygen atoms in total. The zero-order valence-corrected chi connectivity index (χ0v) is 10.6.